The Balaban J connectivity index is 1.98. The summed E-state index contributed by atoms with van der Waals surface area (Å²) in [5.41, 5.74) is 0.197. The quantitative estimate of drug-likeness (QED) is 0.875. The van der Waals surface area contributed by atoms with Gasteiger partial charge in [0.2, 0.25) is 0 Å². The third-order valence-electron chi connectivity index (χ3n) is 2.93. The molecule has 2 aromatic carbocycles. The molecule has 23 heavy (non-hydrogen) atoms. The Labute approximate surface area is 136 Å². The number of hydrogen-bond acceptors (Lipinski definition) is 2. The number of benzene rings is 2. The fourth-order valence-corrected chi connectivity index (χ4v) is 2.06. The van der Waals surface area contributed by atoms with Crippen LogP contribution in [-0.4, -0.2) is 12.5 Å². The number of anilines is 1. The highest BCUT2D eigenvalue weighted by molar-refractivity contribution is 6.33. The number of halogens is 4. The van der Waals surface area contributed by atoms with Crippen LogP contribution >= 0.6 is 11.6 Å². The number of ether oxygens (including phenoxy) is 1. The van der Waals surface area contributed by atoms with E-state index in [1.54, 1.807) is 18.2 Å². The minimum absolute atomic E-state index is 0.0949. The molecule has 3 nitrogen and oxygen atoms in total. The van der Waals surface area contributed by atoms with E-state index in [9.17, 15) is 18.0 Å². The molecule has 1 amide bonds. The fourth-order valence-electron chi connectivity index (χ4n) is 1.83. The molecule has 0 atom stereocenters. The first-order chi connectivity index (χ1) is 10.8. The van der Waals surface area contributed by atoms with Crippen molar-refractivity contribution < 1.29 is 22.7 Å². The molecule has 0 fully saturated rings. The Morgan fingerprint density at radius 1 is 1.22 bits per heavy atom. The lowest BCUT2D eigenvalue weighted by molar-refractivity contribution is -0.137. The number of aryl methyl sites for hydroxylation is 1. The zero-order chi connectivity index (χ0) is 17.0. The van der Waals surface area contributed by atoms with E-state index in [4.69, 9.17) is 16.3 Å². The molecule has 2 rings (SSSR count). The van der Waals surface area contributed by atoms with Gasteiger partial charge in [-0.1, -0.05) is 23.7 Å². The second-order valence-electron chi connectivity index (χ2n) is 4.85. The first-order valence-corrected chi connectivity index (χ1v) is 6.99. The van der Waals surface area contributed by atoms with Crippen LogP contribution in [0.1, 0.15) is 11.1 Å². The highest BCUT2D eigenvalue weighted by Crippen LogP contribution is 2.33. The lowest BCUT2D eigenvalue weighted by Crippen LogP contribution is -2.20. The van der Waals surface area contributed by atoms with E-state index in [-0.39, 0.29) is 17.3 Å². The molecule has 0 aromatic heterocycles. The topological polar surface area (TPSA) is 38.3 Å². The zero-order valence-corrected chi connectivity index (χ0v) is 12.8. The van der Waals surface area contributed by atoms with Gasteiger partial charge in [0.05, 0.1) is 16.3 Å². The molecular formula is C16H13ClF3NO2. The van der Waals surface area contributed by atoms with E-state index in [1.807, 2.05) is 13.0 Å². The van der Waals surface area contributed by atoms with E-state index in [2.05, 4.69) is 5.32 Å². The van der Waals surface area contributed by atoms with Gasteiger partial charge in [0.15, 0.2) is 6.61 Å². The van der Waals surface area contributed by atoms with Gasteiger partial charge in [-0.15, -0.1) is 0 Å². The first kappa shape index (κ1) is 17.1. The number of alkyl halides is 3. The van der Waals surface area contributed by atoms with Gasteiger partial charge in [-0.2, -0.15) is 13.2 Å². The van der Waals surface area contributed by atoms with Crippen LogP contribution in [-0.2, 0) is 11.0 Å². The Morgan fingerprint density at radius 2 is 1.96 bits per heavy atom. The van der Waals surface area contributed by atoms with Gasteiger partial charge in [-0.3, -0.25) is 4.79 Å². The summed E-state index contributed by atoms with van der Waals surface area (Å²) in [5.74, 6) is 0.00633. The maximum atomic E-state index is 12.5. The smallest absolute Gasteiger partial charge is 0.416 e. The largest absolute Gasteiger partial charge is 0.484 e. The van der Waals surface area contributed by atoms with Crippen LogP contribution in [0, 0.1) is 6.92 Å². The Hall–Kier alpha value is -2.21. The summed E-state index contributed by atoms with van der Waals surface area (Å²) < 4.78 is 42.9. The molecule has 0 bridgehead atoms. The van der Waals surface area contributed by atoms with Gasteiger partial charge in [0.25, 0.3) is 5.91 Å². The van der Waals surface area contributed by atoms with Crippen LogP contribution in [0.2, 0.25) is 5.02 Å². The normalized spacial score (nSPS) is 11.2. The van der Waals surface area contributed by atoms with E-state index in [0.29, 0.717) is 5.75 Å². The second-order valence-corrected chi connectivity index (χ2v) is 5.25. The van der Waals surface area contributed by atoms with E-state index in [0.717, 1.165) is 23.8 Å². The maximum absolute atomic E-state index is 12.5. The van der Waals surface area contributed by atoms with Crippen LogP contribution in [0.5, 0.6) is 5.75 Å². The molecule has 0 saturated heterocycles. The zero-order valence-electron chi connectivity index (χ0n) is 12.1. The molecule has 0 spiro atoms. The molecule has 0 saturated carbocycles. The second kappa shape index (κ2) is 6.91. The molecule has 7 heteroatoms. The average molecular weight is 344 g/mol. The van der Waals surface area contributed by atoms with Gasteiger partial charge >= 0.3 is 6.18 Å². The first-order valence-electron chi connectivity index (χ1n) is 6.62. The standard InChI is InChI=1S/C16H13ClF3NO2/c1-10-3-2-4-12(7-10)23-9-15(22)21-14-6-5-11(8-13(14)17)16(18,19)20/h2-8H,9H2,1H3,(H,21,22). The van der Waals surface area contributed by atoms with Crippen molar-refractivity contribution in [1.29, 1.82) is 0 Å². The summed E-state index contributed by atoms with van der Waals surface area (Å²) >= 11 is 5.76. The molecule has 122 valence electrons. The van der Waals surface area contributed by atoms with Gasteiger partial charge < -0.3 is 10.1 Å². The summed E-state index contributed by atoms with van der Waals surface area (Å²) in [6.07, 6.45) is -4.49. The van der Waals surface area contributed by atoms with E-state index in [1.165, 1.54) is 0 Å². The Kier molecular flexibility index (Phi) is 5.15. The van der Waals surface area contributed by atoms with Crippen molar-refractivity contribution in [3.05, 3.63) is 58.6 Å². The third-order valence-corrected chi connectivity index (χ3v) is 3.24. The van der Waals surface area contributed by atoms with Crippen molar-refractivity contribution in [3.63, 3.8) is 0 Å². The SMILES string of the molecule is Cc1cccc(OCC(=O)Nc2ccc(C(F)(F)F)cc2Cl)c1. The molecule has 0 aliphatic heterocycles. The molecular weight excluding hydrogens is 331 g/mol. The summed E-state index contributed by atoms with van der Waals surface area (Å²) in [4.78, 5) is 11.8. The lowest BCUT2D eigenvalue weighted by Gasteiger charge is -2.11. The lowest BCUT2D eigenvalue weighted by atomic mass is 10.2. The number of nitrogens with one attached hydrogen (secondary N) is 1. The van der Waals surface area contributed by atoms with Crippen molar-refractivity contribution in [3.8, 4) is 5.75 Å². The van der Waals surface area contributed by atoms with Gasteiger partial charge in [-0.25, -0.2) is 0 Å². The number of rotatable bonds is 4. The van der Waals surface area contributed by atoms with Crippen molar-refractivity contribution in [2.75, 3.05) is 11.9 Å². The van der Waals surface area contributed by atoms with Crippen molar-refractivity contribution in [1.82, 2.24) is 0 Å². The molecule has 0 aliphatic carbocycles. The summed E-state index contributed by atoms with van der Waals surface area (Å²) in [6, 6.07) is 9.85. The summed E-state index contributed by atoms with van der Waals surface area (Å²) in [6.45, 7) is 1.61. The van der Waals surface area contributed by atoms with Gasteiger partial charge in [0, 0.05) is 0 Å². The highest BCUT2D eigenvalue weighted by Gasteiger charge is 2.30. The van der Waals surface area contributed by atoms with Gasteiger partial charge in [-0.05, 0) is 42.8 Å². The highest BCUT2D eigenvalue weighted by atomic mass is 35.5. The van der Waals surface area contributed by atoms with Crippen LogP contribution in [0.3, 0.4) is 0 Å². The maximum Gasteiger partial charge on any atom is 0.416 e. The molecule has 0 radical (unpaired) electrons. The molecule has 1 N–H and O–H groups in total. The predicted octanol–water partition coefficient (Wildman–Crippen LogP) is 4.68. The van der Waals surface area contributed by atoms with Crippen LogP contribution in [0.25, 0.3) is 0 Å². The molecule has 0 aliphatic rings. The number of carbonyl (C=O) groups is 1. The van der Waals surface area contributed by atoms with Crippen molar-refractivity contribution in [2.45, 2.75) is 13.1 Å². The van der Waals surface area contributed by atoms with E-state index >= 15 is 0 Å². The number of amides is 1. The Morgan fingerprint density at radius 3 is 2.57 bits per heavy atom. The fraction of sp³-hybridized carbons (Fsp3) is 0.188. The Bertz CT molecular complexity index is 717. The molecule has 0 unspecified atom stereocenters. The average Bonchev–Trinajstić information content (AvgIpc) is 2.46. The van der Waals surface area contributed by atoms with Crippen molar-refractivity contribution >= 4 is 23.2 Å². The minimum Gasteiger partial charge on any atom is -0.484 e. The minimum atomic E-state index is -4.49. The summed E-state index contributed by atoms with van der Waals surface area (Å²) in [5, 5.41) is 2.22. The van der Waals surface area contributed by atoms with Crippen LogP contribution < -0.4 is 10.1 Å². The predicted molar refractivity (Wildman–Crippen MR) is 81.8 cm³/mol. The third kappa shape index (κ3) is 4.89. The molecule has 0 heterocycles. The van der Waals surface area contributed by atoms with Crippen LogP contribution in [0.4, 0.5) is 18.9 Å². The number of carbonyl (C=O) groups excluding carboxylic acids is 1. The summed E-state index contributed by atoms with van der Waals surface area (Å²) in [7, 11) is 0. The van der Waals surface area contributed by atoms with Crippen LogP contribution in [0.15, 0.2) is 42.5 Å². The van der Waals surface area contributed by atoms with E-state index < -0.39 is 17.6 Å². The monoisotopic (exact) mass is 343 g/mol. The number of hydrogen-bond donors (Lipinski definition) is 1. The van der Waals surface area contributed by atoms with Gasteiger partial charge in [0.1, 0.15) is 5.75 Å². The van der Waals surface area contributed by atoms with Crippen molar-refractivity contribution in [2.24, 2.45) is 0 Å². The molecule has 2 aromatic rings.